The molecule has 0 spiro atoms. The van der Waals surface area contributed by atoms with Crippen LogP contribution in [0.1, 0.15) is 0 Å². The van der Waals surface area contributed by atoms with E-state index in [4.69, 9.17) is 0 Å². The summed E-state index contributed by atoms with van der Waals surface area (Å²) in [5.74, 6) is 0. The molecular formula is BBaNOPb. The van der Waals surface area contributed by atoms with Crippen molar-refractivity contribution in [3.63, 3.8) is 0 Å². The van der Waals surface area contributed by atoms with Crippen molar-refractivity contribution in [1.29, 1.82) is 0 Å². The van der Waals surface area contributed by atoms with Gasteiger partial charge >= 0.3 is 0 Å². The van der Waals surface area contributed by atoms with Crippen molar-refractivity contribution in [2.45, 2.75) is 0 Å². The van der Waals surface area contributed by atoms with E-state index >= 15 is 0 Å². The summed E-state index contributed by atoms with van der Waals surface area (Å²) in [6.07, 6.45) is 0. The van der Waals surface area contributed by atoms with Crippen molar-refractivity contribution in [3.8, 4) is 0 Å². The van der Waals surface area contributed by atoms with Gasteiger partial charge in [0.05, 0.1) is 0 Å². The molecule has 20 valence electrons. The third kappa shape index (κ3) is 21.2. The summed E-state index contributed by atoms with van der Waals surface area (Å²) in [7, 11) is 0. The van der Waals surface area contributed by atoms with Gasteiger partial charge < -0.3 is 0 Å². The van der Waals surface area contributed by atoms with E-state index < -0.39 is 0 Å². The molecule has 0 aliphatic rings. The van der Waals surface area contributed by atoms with Crippen molar-refractivity contribution in [3.05, 3.63) is 0 Å². The zero-order chi connectivity index (χ0) is 0. The summed E-state index contributed by atoms with van der Waals surface area (Å²) in [6.45, 7) is 0. The maximum Gasteiger partial charge on any atom is 0 e. The molecule has 2 nitrogen and oxygen atoms in total. The molecule has 14 radical (unpaired) electrons. The normalized spacial score (nSPS) is 0. The molecule has 0 saturated carbocycles. The van der Waals surface area contributed by atoms with Crippen molar-refractivity contribution >= 4 is 84.6 Å². The first-order valence-electron chi connectivity index (χ1n) is 0. The standard InChI is InChI=1S/B.Ba.N.O.Pb. The minimum absolute atomic E-state index is 0. The summed E-state index contributed by atoms with van der Waals surface area (Å²) < 4.78 is 0. The molecule has 0 heterocycles. The van der Waals surface area contributed by atoms with Gasteiger partial charge in [-0.05, 0) is 0 Å². The van der Waals surface area contributed by atoms with Crippen molar-refractivity contribution in [1.82, 2.24) is 6.15 Å². The van der Waals surface area contributed by atoms with E-state index in [1.807, 2.05) is 0 Å². The Hall–Kier alpha value is 2.48. The number of hydrogen-bond donors (Lipinski definition) is 0. The van der Waals surface area contributed by atoms with Crippen molar-refractivity contribution in [2.24, 2.45) is 0 Å². The molecule has 0 saturated heterocycles. The van der Waals surface area contributed by atoms with Crippen LogP contribution in [0.4, 0.5) is 0 Å². The molecule has 0 unspecified atom stereocenters. The fourth-order valence-corrected chi connectivity index (χ4v) is 0. The Balaban J connectivity index is 0. The molecular weight excluding hydrogens is 385 g/mol. The zero-order valence-corrected chi connectivity index (χ0v) is 11.0. The van der Waals surface area contributed by atoms with Gasteiger partial charge in [0.25, 0.3) is 0 Å². The molecule has 0 fully saturated rings. The van der Waals surface area contributed by atoms with Crippen LogP contribution >= 0.6 is 0 Å². The molecule has 0 aromatic heterocycles. The summed E-state index contributed by atoms with van der Waals surface area (Å²) in [6, 6.07) is 0. The minimum atomic E-state index is 0. The fraction of sp³-hybridized carbons (Fsp3) is 0. The molecule has 0 aromatic carbocycles. The van der Waals surface area contributed by atoms with Crippen LogP contribution in [-0.2, 0) is 5.48 Å². The second-order valence-electron chi connectivity index (χ2n) is 0. The van der Waals surface area contributed by atoms with Gasteiger partial charge in [-0.1, -0.05) is 0 Å². The fourth-order valence-electron chi connectivity index (χ4n) is 0. The molecule has 0 atom stereocenters. The van der Waals surface area contributed by atoms with Gasteiger partial charge in [-0.2, -0.15) is 0 Å². The van der Waals surface area contributed by atoms with E-state index in [-0.39, 0.29) is 96.2 Å². The van der Waals surface area contributed by atoms with Gasteiger partial charge in [-0.25, -0.2) is 0 Å². The van der Waals surface area contributed by atoms with Crippen LogP contribution < -0.4 is 6.15 Å². The average Bonchev–Trinajstić information content (AvgIpc) is 0. The number of nitrogens with zero attached hydrogens (tertiary/aromatic N) is 1. The van der Waals surface area contributed by atoms with Crippen LogP contribution in [0.2, 0.25) is 0 Å². The molecule has 0 aromatic rings. The molecule has 0 bridgehead atoms. The summed E-state index contributed by atoms with van der Waals surface area (Å²) >= 11 is 0. The van der Waals surface area contributed by atoms with Gasteiger partial charge in [-0.3, -0.25) is 0 Å². The van der Waals surface area contributed by atoms with Crippen LogP contribution in [-0.4, -0.2) is 84.6 Å². The Kier molecular flexibility index (Phi) is 323. The van der Waals surface area contributed by atoms with Gasteiger partial charge in [0.15, 0.2) is 0 Å². The van der Waals surface area contributed by atoms with Crippen LogP contribution in [0, 0.1) is 0 Å². The van der Waals surface area contributed by atoms with Crippen molar-refractivity contribution < 1.29 is 5.48 Å². The SMILES string of the molecule is [B].[Ba].[N].[O].[Pb]. The Bertz CT molecular complexity index is 11.6. The second-order valence-corrected chi connectivity index (χ2v) is 0. The Morgan fingerprint density at radius 3 is 1.00 bits per heavy atom. The molecule has 5 heteroatoms. The molecule has 0 N–H and O–H groups in total. The zero-order valence-electron chi connectivity index (χ0n) is 2.64. The summed E-state index contributed by atoms with van der Waals surface area (Å²) in [5.41, 5.74) is 0. The maximum atomic E-state index is 0. The number of rotatable bonds is 0. The molecule has 0 rings (SSSR count). The monoisotopic (exact) mass is 387 g/mol. The van der Waals surface area contributed by atoms with E-state index in [9.17, 15) is 0 Å². The second kappa shape index (κ2) is 31.7. The Morgan fingerprint density at radius 1 is 1.00 bits per heavy atom. The van der Waals surface area contributed by atoms with Gasteiger partial charge in [-0.15, -0.1) is 0 Å². The third-order valence-electron chi connectivity index (χ3n) is 0. The third-order valence-corrected chi connectivity index (χ3v) is 0. The topological polar surface area (TPSA) is 59.0 Å². The van der Waals surface area contributed by atoms with Crippen LogP contribution in [0.15, 0.2) is 0 Å². The van der Waals surface area contributed by atoms with Crippen LogP contribution in [0.25, 0.3) is 0 Å². The quantitative estimate of drug-likeness (QED) is 0.445. The first kappa shape index (κ1) is 51.1. The van der Waals surface area contributed by atoms with E-state index in [1.54, 1.807) is 0 Å². The van der Waals surface area contributed by atoms with E-state index in [2.05, 4.69) is 0 Å². The smallest absolute Gasteiger partial charge is 0 e. The predicted molar refractivity (Wildman–Crippen MR) is 20.1 cm³/mol. The maximum absolute atomic E-state index is 0. The summed E-state index contributed by atoms with van der Waals surface area (Å²) in [4.78, 5) is 0. The largest absolute Gasteiger partial charge is 0 e. The van der Waals surface area contributed by atoms with Gasteiger partial charge in [0.2, 0.25) is 0 Å². The first-order chi connectivity index (χ1) is 0. The Labute approximate surface area is 94.2 Å². The minimum Gasteiger partial charge on any atom is 0 e. The average molecular weight is 385 g/mol. The van der Waals surface area contributed by atoms with Gasteiger partial charge in [0, 0.05) is 96.2 Å². The first-order valence-corrected chi connectivity index (χ1v) is 0. The van der Waals surface area contributed by atoms with E-state index in [1.165, 1.54) is 0 Å². The molecule has 0 aliphatic carbocycles. The van der Waals surface area contributed by atoms with Crippen LogP contribution in [0.3, 0.4) is 0 Å². The molecule has 5 heavy (non-hydrogen) atoms. The van der Waals surface area contributed by atoms with Gasteiger partial charge in [0.1, 0.15) is 0 Å². The van der Waals surface area contributed by atoms with E-state index in [0.29, 0.717) is 0 Å². The summed E-state index contributed by atoms with van der Waals surface area (Å²) in [5, 5.41) is 0. The van der Waals surface area contributed by atoms with E-state index in [0.717, 1.165) is 0 Å². The number of hydrogen-bond acceptors (Lipinski definition) is 0. The molecule has 0 aliphatic heterocycles. The Morgan fingerprint density at radius 2 is 1.00 bits per heavy atom. The van der Waals surface area contributed by atoms with Crippen molar-refractivity contribution in [2.75, 3.05) is 0 Å². The predicted octanol–water partition coefficient (Wildman–Crippen LogP) is -1.74. The molecule has 0 amide bonds. The van der Waals surface area contributed by atoms with Crippen LogP contribution in [0.5, 0.6) is 0 Å².